The number of pyridine rings is 1. The molecule has 1 unspecified atom stereocenters. The molecule has 2 heterocycles. The Balaban J connectivity index is 2.14. The van der Waals surface area contributed by atoms with E-state index in [1.165, 1.54) is 6.07 Å². The Bertz CT molecular complexity index is 480. The molecular formula is C11H13FN4. The molecule has 5 heteroatoms. The summed E-state index contributed by atoms with van der Waals surface area (Å²) in [5.41, 5.74) is 6.65. The first-order chi connectivity index (χ1) is 7.66. The van der Waals surface area contributed by atoms with Crippen molar-refractivity contribution in [2.24, 2.45) is 12.8 Å². The third kappa shape index (κ3) is 2.25. The summed E-state index contributed by atoms with van der Waals surface area (Å²) in [4.78, 5) is 7.95. The van der Waals surface area contributed by atoms with Crippen molar-refractivity contribution in [3.8, 4) is 0 Å². The van der Waals surface area contributed by atoms with Crippen molar-refractivity contribution in [2.75, 3.05) is 0 Å². The number of aryl methyl sites for hydroxylation is 1. The predicted octanol–water partition coefficient (Wildman–Crippen LogP) is 1.20. The summed E-state index contributed by atoms with van der Waals surface area (Å²) >= 11 is 0. The maximum Gasteiger partial charge on any atom is 0.141 e. The maximum absolute atomic E-state index is 12.9. The molecule has 0 aliphatic rings. The molecule has 84 valence electrons. The molecule has 1 atom stereocenters. The van der Waals surface area contributed by atoms with Gasteiger partial charge in [0.15, 0.2) is 0 Å². The molecule has 0 fully saturated rings. The number of hydrogen-bond acceptors (Lipinski definition) is 3. The lowest BCUT2D eigenvalue weighted by atomic mass is 10.1. The second-order valence-corrected chi connectivity index (χ2v) is 3.70. The van der Waals surface area contributed by atoms with Crippen LogP contribution in [0.15, 0.2) is 30.9 Å². The minimum atomic E-state index is -0.368. The van der Waals surface area contributed by atoms with E-state index in [0.717, 1.165) is 12.0 Å². The zero-order chi connectivity index (χ0) is 11.5. The van der Waals surface area contributed by atoms with E-state index < -0.39 is 0 Å². The molecule has 0 amide bonds. The largest absolute Gasteiger partial charge is 0.338 e. The van der Waals surface area contributed by atoms with E-state index in [1.807, 2.05) is 17.8 Å². The number of nitrogens with two attached hydrogens (primary N) is 1. The highest BCUT2D eigenvalue weighted by Crippen LogP contribution is 2.14. The second-order valence-electron chi connectivity index (χ2n) is 3.70. The second kappa shape index (κ2) is 4.40. The number of imidazole rings is 1. The van der Waals surface area contributed by atoms with Crippen LogP contribution in [-0.2, 0) is 13.5 Å². The summed E-state index contributed by atoms with van der Waals surface area (Å²) in [6, 6.07) is 1.12. The first kappa shape index (κ1) is 10.8. The van der Waals surface area contributed by atoms with Crippen molar-refractivity contribution in [1.29, 1.82) is 0 Å². The summed E-state index contributed by atoms with van der Waals surface area (Å²) in [5.74, 6) is 0.504. The Morgan fingerprint density at radius 2 is 2.31 bits per heavy atom. The lowest BCUT2D eigenvalue weighted by Gasteiger charge is -2.11. The Hall–Kier alpha value is -1.75. The third-order valence-electron chi connectivity index (χ3n) is 2.48. The van der Waals surface area contributed by atoms with Gasteiger partial charge in [0.25, 0.3) is 0 Å². The van der Waals surface area contributed by atoms with Crippen LogP contribution >= 0.6 is 0 Å². The van der Waals surface area contributed by atoms with Crippen molar-refractivity contribution < 1.29 is 4.39 Å². The highest BCUT2D eigenvalue weighted by Gasteiger charge is 2.11. The molecule has 2 aromatic rings. The van der Waals surface area contributed by atoms with Crippen LogP contribution in [0.5, 0.6) is 0 Å². The van der Waals surface area contributed by atoms with E-state index >= 15 is 0 Å². The Labute approximate surface area is 92.9 Å². The molecule has 2 N–H and O–H groups in total. The smallest absolute Gasteiger partial charge is 0.141 e. The van der Waals surface area contributed by atoms with Gasteiger partial charge >= 0.3 is 0 Å². The van der Waals surface area contributed by atoms with Crippen LogP contribution in [0.2, 0.25) is 0 Å². The first-order valence-corrected chi connectivity index (χ1v) is 4.99. The van der Waals surface area contributed by atoms with E-state index in [2.05, 4.69) is 9.97 Å². The predicted molar refractivity (Wildman–Crippen MR) is 58.0 cm³/mol. The zero-order valence-electron chi connectivity index (χ0n) is 8.97. The van der Waals surface area contributed by atoms with Crippen molar-refractivity contribution in [3.05, 3.63) is 48.1 Å². The molecule has 0 aliphatic heterocycles. The van der Waals surface area contributed by atoms with E-state index in [9.17, 15) is 4.39 Å². The van der Waals surface area contributed by atoms with Crippen LogP contribution in [0.4, 0.5) is 4.39 Å². The molecule has 0 aliphatic carbocycles. The standard InChI is InChI=1S/C11H13FN4/c1-16-3-2-15-11(16)5-10(13)8-4-9(12)7-14-6-8/h2-4,6-7,10H,5,13H2,1H3. The molecule has 4 nitrogen and oxygen atoms in total. The average Bonchev–Trinajstić information content (AvgIpc) is 2.64. The SMILES string of the molecule is Cn1ccnc1CC(N)c1cncc(F)c1. The van der Waals surface area contributed by atoms with Crippen molar-refractivity contribution >= 4 is 0 Å². The van der Waals surface area contributed by atoms with Gasteiger partial charge in [-0.05, 0) is 11.6 Å². The van der Waals surface area contributed by atoms with Gasteiger partial charge in [0.1, 0.15) is 11.6 Å². The molecule has 0 saturated heterocycles. The molecule has 16 heavy (non-hydrogen) atoms. The van der Waals surface area contributed by atoms with Gasteiger partial charge in [-0.15, -0.1) is 0 Å². The van der Waals surface area contributed by atoms with Gasteiger partial charge in [0.05, 0.1) is 6.20 Å². The van der Waals surface area contributed by atoms with Crippen LogP contribution in [0, 0.1) is 5.82 Å². The summed E-state index contributed by atoms with van der Waals surface area (Å²) < 4.78 is 14.8. The minimum absolute atomic E-state index is 0.288. The minimum Gasteiger partial charge on any atom is -0.338 e. The molecule has 2 aromatic heterocycles. The van der Waals surface area contributed by atoms with Crippen LogP contribution in [0.25, 0.3) is 0 Å². The van der Waals surface area contributed by atoms with Gasteiger partial charge in [-0.1, -0.05) is 0 Å². The molecule has 0 saturated carbocycles. The van der Waals surface area contributed by atoms with Crippen LogP contribution < -0.4 is 5.73 Å². The van der Waals surface area contributed by atoms with Gasteiger partial charge < -0.3 is 10.3 Å². The quantitative estimate of drug-likeness (QED) is 0.845. The van der Waals surface area contributed by atoms with Crippen molar-refractivity contribution in [3.63, 3.8) is 0 Å². The summed E-state index contributed by atoms with van der Waals surface area (Å²) in [5, 5.41) is 0. The highest BCUT2D eigenvalue weighted by atomic mass is 19.1. The summed E-state index contributed by atoms with van der Waals surface area (Å²) in [7, 11) is 1.90. The van der Waals surface area contributed by atoms with E-state index in [1.54, 1.807) is 12.4 Å². The van der Waals surface area contributed by atoms with Gasteiger partial charge in [-0.3, -0.25) is 4.98 Å². The lowest BCUT2D eigenvalue weighted by Crippen LogP contribution is -2.16. The Morgan fingerprint density at radius 3 is 2.94 bits per heavy atom. The van der Waals surface area contributed by atoms with Crippen LogP contribution in [0.3, 0.4) is 0 Å². The Morgan fingerprint density at radius 1 is 1.50 bits per heavy atom. The van der Waals surface area contributed by atoms with Crippen LogP contribution in [-0.4, -0.2) is 14.5 Å². The fourth-order valence-electron chi connectivity index (χ4n) is 1.54. The highest BCUT2D eigenvalue weighted by molar-refractivity contribution is 5.16. The van der Waals surface area contributed by atoms with E-state index in [-0.39, 0.29) is 11.9 Å². The van der Waals surface area contributed by atoms with Gasteiger partial charge in [0.2, 0.25) is 0 Å². The molecule has 0 radical (unpaired) electrons. The first-order valence-electron chi connectivity index (χ1n) is 4.99. The fourth-order valence-corrected chi connectivity index (χ4v) is 1.54. The summed E-state index contributed by atoms with van der Waals surface area (Å²) in [6.45, 7) is 0. The fraction of sp³-hybridized carbons (Fsp3) is 0.273. The molecule has 0 spiro atoms. The third-order valence-corrected chi connectivity index (χ3v) is 2.48. The van der Waals surface area contributed by atoms with Crippen molar-refractivity contribution in [2.45, 2.75) is 12.5 Å². The number of rotatable bonds is 3. The van der Waals surface area contributed by atoms with Gasteiger partial charge in [-0.2, -0.15) is 0 Å². The normalized spacial score (nSPS) is 12.7. The van der Waals surface area contributed by atoms with Gasteiger partial charge in [0, 0.05) is 38.1 Å². The van der Waals surface area contributed by atoms with Gasteiger partial charge in [-0.25, -0.2) is 9.37 Å². The molecule has 2 rings (SSSR count). The van der Waals surface area contributed by atoms with E-state index in [4.69, 9.17) is 5.73 Å². The summed E-state index contributed by atoms with van der Waals surface area (Å²) in [6.07, 6.45) is 6.88. The number of halogens is 1. The number of nitrogens with zero attached hydrogens (tertiary/aromatic N) is 3. The monoisotopic (exact) mass is 220 g/mol. The molecular weight excluding hydrogens is 207 g/mol. The van der Waals surface area contributed by atoms with Crippen LogP contribution in [0.1, 0.15) is 17.4 Å². The van der Waals surface area contributed by atoms with Crippen molar-refractivity contribution in [1.82, 2.24) is 14.5 Å². The molecule has 0 bridgehead atoms. The molecule has 0 aromatic carbocycles. The lowest BCUT2D eigenvalue weighted by molar-refractivity contribution is 0.605. The Kier molecular flexibility index (Phi) is 2.96. The van der Waals surface area contributed by atoms with E-state index in [0.29, 0.717) is 12.0 Å². The zero-order valence-corrected chi connectivity index (χ0v) is 8.97. The topological polar surface area (TPSA) is 56.7 Å². The average molecular weight is 220 g/mol. The number of hydrogen-bond donors (Lipinski definition) is 1. The number of aromatic nitrogens is 3. The maximum atomic E-state index is 12.9.